The van der Waals surface area contributed by atoms with Crippen LogP contribution in [-0.4, -0.2) is 32.5 Å². The maximum absolute atomic E-state index is 12.1. The molecule has 1 atom stereocenters. The standard InChI is InChI=1S/C12H15NO3S2/c1-7(12(15-2)16-3)13-11(14)10-6-9-8(18-10)4-5-17-9/h4-7,12H,1-3H3,(H,13,14). The Labute approximate surface area is 114 Å². The molecule has 0 aliphatic heterocycles. The fourth-order valence-corrected chi connectivity index (χ4v) is 3.74. The summed E-state index contributed by atoms with van der Waals surface area (Å²) in [6, 6.07) is 3.74. The van der Waals surface area contributed by atoms with Gasteiger partial charge in [0.05, 0.1) is 10.9 Å². The summed E-state index contributed by atoms with van der Waals surface area (Å²) < 4.78 is 12.5. The van der Waals surface area contributed by atoms with Crippen LogP contribution in [0.25, 0.3) is 9.40 Å². The summed E-state index contributed by atoms with van der Waals surface area (Å²) in [6.45, 7) is 1.85. The molecular formula is C12H15NO3S2. The van der Waals surface area contributed by atoms with Gasteiger partial charge in [0.25, 0.3) is 5.91 Å². The van der Waals surface area contributed by atoms with Crippen molar-refractivity contribution < 1.29 is 14.3 Å². The molecule has 0 aromatic carbocycles. The van der Waals surface area contributed by atoms with Crippen molar-refractivity contribution in [3.63, 3.8) is 0 Å². The quantitative estimate of drug-likeness (QED) is 0.859. The van der Waals surface area contributed by atoms with Gasteiger partial charge in [-0.2, -0.15) is 0 Å². The molecule has 1 unspecified atom stereocenters. The minimum absolute atomic E-state index is 0.0880. The van der Waals surface area contributed by atoms with Crippen LogP contribution in [0.1, 0.15) is 16.6 Å². The number of amides is 1. The lowest BCUT2D eigenvalue weighted by molar-refractivity contribution is -0.117. The Bertz CT molecular complexity index is 502. The summed E-state index contributed by atoms with van der Waals surface area (Å²) in [5, 5.41) is 4.90. The van der Waals surface area contributed by atoms with E-state index in [-0.39, 0.29) is 11.9 Å². The van der Waals surface area contributed by atoms with Gasteiger partial charge in [0.15, 0.2) is 6.29 Å². The molecule has 0 saturated heterocycles. The lowest BCUT2D eigenvalue weighted by atomic mass is 10.3. The molecule has 0 radical (unpaired) electrons. The predicted molar refractivity (Wildman–Crippen MR) is 74.4 cm³/mol. The normalized spacial score (nSPS) is 13.1. The summed E-state index contributed by atoms with van der Waals surface area (Å²) in [4.78, 5) is 12.8. The highest BCUT2D eigenvalue weighted by Crippen LogP contribution is 2.29. The van der Waals surface area contributed by atoms with Gasteiger partial charge in [-0.25, -0.2) is 0 Å². The highest BCUT2D eigenvalue weighted by Gasteiger charge is 2.20. The van der Waals surface area contributed by atoms with Crippen molar-refractivity contribution in [3.8, 4) is 0 Å². The molecule has 0 spiro atoms. The molecular weight excluding hydrogens is 270 g/mol. The minimum atomic E-state index is -0.435. The van der Waals surface area contributed by atoms with Crippen molar-refractivity contribution in [1.29, 1.82) is 0 Å². The molecule has 0 saturated carbocycles. The Kier molecular flexibility index (Phi) is 4.34. The average Bonchev–Trinajstić information content (AvgIpc) is 2.90. The van der Waals surface area contributed by atoms with Crippen LogP contribution >= 0.6 is 22.7 Å². The number of rotatable bonds is 5. The summed E-state index contributed by atoms with van der Waals surface area (Å²) in [7, 11) is 3.11. The number of carbonyl (C=O) groups is 1. The van der Waals surface area contributed by atoms with E-state index in [1.165, 1.54) is 11.3 Å². The molecule has 0 bridgehead atoms. The van der Waals surface area contributed by atoms with Crippen LogP contribution in [0, 0.1) is 0 Å². The van der Waals surface area contributed by atoms with E-state index in [1.807, 2.05) is 24.4 Å². The number of thiophene rings is 2. The molecule has 0 fully saturated rings. The Balaban J connectivity index is 2.05. The zero-order chi connectivity index (χ0) is 13.1. The second-order valence-electron chi connectivity index (χ2n) is 3.86. The Morgan fingerprint density at radius 3 is 2.67 bits per heavy atom. The second kappa shape index (κ2) is 5.79. The molecule has 2 heterocycles. The van der Waals surface area contributed by atoms with E-state index in [0.29, 0.717) is 0 Å². The first-order valence-electron chi connectivity index (χ1n) is 5.49. The second-order valence-corrected chi connectivity index (χ2v) is 5.89. The number of nitrogens with one attached hydrogen (secondary N) is 1. The minimum Gasteiger partial charge on any atom is -0.354 e. The smallest absolute Gasteiger partial charge is 0.261 e. The van der Waals surface area contributed by atoms with Crippen LogP contribution in [-0.2, 0) is 9.47 Å². The monoisotopic (exact) mass is 285 g/mol. The van der Waals surface area contributed by atoms with Gasteiger partial charge in [0, 0.05) is 23.6 Å². The SMILES string of the molecule is COC(OC)C(C)NC(=O)c1cc2sccc2s1. The Hall–Kier alpha value is -0.950. The lowest BCUT2D eigenvalue weighted by Gasteiger charge is -2.21. The average molecular weight is 285 g/mol. The van der Waals surface area contributed by atoms with Crippen molar-refractivity contribution in [2.45, 2.75) is 19.3 Å². The van der Waals surface area contributed by atoms with Gasteiger partial charge < -0.3 is 14.8 Å². The van der Waals surface area contributed by atoms with Crippen LogP contribution < -0.4 is 5.32 Å². The maximum atomic E-state index is 12.1. The van der Waals surface area contributed by atoms with Gasteiger partial charge in [-0.1, -0.05) is 0 Å². The number of fused-ring (bicyclic) bond motifs is 1. The number of methoxy groups -OCH3 is 2. The number of hydrogen-bond acceptors (Lipinski definition) is 5. The van der Waals surface area contributed by atoms with Crippen molar-refractivity contribution in [3.05, 3.63) is 22.4 Å². The van der Waals surface area contributed by atoms with Crippen LogP contribution in [0.2, 0.25) is 0 Å². The van der Waals surface area contributed by atoms with E-state index < -0.39 is 6.29 Å². The van der Waals surface area contributed by atoms with Crippen LogP contribution in [0.3, 0.4) is 0 Å². The molecule has 2 rings (SSSR count). The fourth-order valence-electron chi connectivity index (χ4n) is 1.73. The van der Waals surface area contributed by atoms with E-state index in [1.54, 1.807) is 25.6 Å². The molecule has 0 aliphatic carbocycles. The van der Waals surface area contributed by atoms with E-state index in [9.17, 15) is 4.79 Å². The zero-order valence-electron chi connectivity index (χ0n) is 10.4. The molecule has 4 nitrogen and oxygen atoms in total. The van der Waals surface area contributed by atoms with Gasteiger partial charge >= 0.3 is 0 Å². The highest BCUT2D eigenvalue weighted by molar-refractivity contribution is 7.27. The zero-order valence-corrected chi connectivity index (χ0v) is 12.1. The Morgan fingerprint density at radius 2 is 2.06 bits per heavy atom. The summed E-state index contributed by atoms with van der Waals surface area (Å²) in [5.74, 6) is -0.0880. The third kappa shape index (κ3) is 2.72. The lowest BCUT2D eigenvalue weighted by Crippen LogP contribution is -2.42. The summed E-state index contributed by atoms with van der Waals surface area (Å²) in [5.41, 5.74) is 0. The van der Waals surface area contributed by atoms with Crippen molar-refractivity contribution in [1.82, 2.24) is 5.32 Å². The predicted octanol–water partition coefficient (Wildman–Crippen LogP) is 2.70. The molecule has 1 N–H and O–H groups in total. The number of carbonyl (C=O) groups excluding carboxylic acids is 1. The van der Waals surface area contributed by atoms with E-state index in [2.05, 4.69) is 5.32 Å². The van der Waals surface area contributed by atoms with Gasteiger partial charge in [0.1, 0.15) is 0 Å². The van der Waals surface area contributed by atoms with Gasteiger partial charge in [-0.3, -0.25) is 4.79 Å². The topological polar surface area (TPSA) is 47.6 Å². The molecule has 2 aromatic rings. The molecule has 2 aromatic heterocycles. The van der Waals surface area contributed by atoms with Crippen molar-refractivity contribution in [2.24, 2.45) is 0 Å². The molecule has 0 aliphatic rings. The van der Waals surface area contributed by atoms with E-state index in [4.69, 9.17) is 9.47 Å². The number of hydrogen-bond donors (Lipinski definition) is 1. The van der Waals surface area contributed by atoms with Gasteiger partial charge in [-0.05, 0) is 24.4 Å². The van der Waals surface area contributed by atoms with Crippen LogP contribution in [0.15, 0.2) is 17.5 Å². The van der Waals surface area contributed by atoms with Crippen molar-refractivity contribution >= 4 is 38.0 Å². The van der Waals surface area contributed by atoms with E-state index in [0.717, 1.165) is 14.3 Å². The highest BCUT2D eigenvalue weighted by atomic mass is 32.1. The molecule has 98 valence electrons. The molecule has 6 heteroatoms. The molecule has 1 amide bonds. The summed E-state index contributed by atoms with van der Waals surface area (Å²) >= 11 is 3.14. The number of ether oxygens (including phenoxy) is 2. The van der Waals surface area contributed by atoms with Crippen LogP contribution in [0.5, 0.6) is 0 Å². The van der Waals surface area contributed by atoms with Gasteiger partial charge in [0.2, 0.25) is 0 Å². The summed E-state index contributed by atoms with van der Waals surface area (Å²) in [6.07, 6.45) is -0.435. The first-order chi connectivity index (χ1) is 8.65. The maximum Gasteiger partial charge on any atom is 0.261 e. The molecule has 18 heavy (non-hydrogen) atoms. The fraction of sp³-hybridized carbons (Fsp3) is 0.417. The Morgan fingerprint density at radius 1 is 1.33 bits per heavy atom. The third-order valence-corrected chi connectivity index (χ3v) is 4.69. The third-order valence-electron chi connectivity index (χ3n) is 2.59. The first-order valence-corrected chi connectivity index (χ1v) is 7.18. The van der Waals surface area contributed by atoms with Crippen LogP contribution in [0.4, 0.5) is 0 Å². The van der Waals surface area contributed by atoms with E-state index >= 15 is 0 Å². The largest absolute Gasteiger partial charge is 0.354 e. The first kappa shape index (κ1) is 13.5. The van der Waals surface area contributed by atoms with Gasteiger partial charge in [-0.15, -0.1) is 22.7 Å². The van der Waals surface area contributed by atoms with Crippen molar-refractivity contribution in [2.75, 3.05) is 14.2 Å².